The Hall–Kier alpha value is -5.41. The number of carboxylic acid groups (broad SMARTS) is 1. The minimum absolute atomic E-state index is 0.0270. The van der Waals surface area contributed by atoms with Crippen molar-refractivity contribution < 1.29 is 43.8 Å². The number of hydrogen-bond acceptors (Lipinski definition) is 12. The van der Waals surface area contributed by atoms with E-state index < -0.39 is 96.6 Å². The van der Waals surface area contributed by atoms with Crippen molar-refractivity contribution in [2.75, 3.05) is 13.2 Å². The first-order valence-corrected chi connectivity index (χ1v) is 16.2. The molecular formula is C30H48N12O9. The lowest BCUT2D eigenvalue weighted by molar-refractivity contribution is -0.142. The molecule has 2 rings (SSSR count). The highest BCUT2D eigenvalue weighted by atomic mass is 16.4. The van der Waals surface area contributed by atoms with Crippen LogP contribution in [0, 0.1) is 5.92 Å². The monoisotopic (exact) mass is 720 g/mol. The van der Waals surface area contributed by atoms with Crippen molar-refractivity contribution in [3.05, 3.63) is 36.4 Å². The number of amides is 6. The second-order valence-electron chi connectivity index (χ2n) is 12.1. The molecule has 0 radical (unpaired) electrons. The van der Waals surface area contributed by atoms with Gasteiger partial charge in [-0.3, -0.25) is 33.6 Å². The van der Waals surface area contributed by atoms with Crippen LogP contribution in [-0.4, -0.2) is 121 Å². The zero-order chi connectivity index (χ0) is 38.1. The molecule has 51 heavy (non-hydrogen) atoms. The van der Waals surface area contributed by atoms with Crippen molar-refractivity contribution in [2.45, 2.75) is 88.6 Å². The normalized spacial score (nSPS) is 14.6. The van der Waals surface area contributed by atoms with E-state index in [0.717, 1.165) is 0 Å². The number of carbonyl (C=O) groups is 7. The number of rotatable bonds is 23. The Bertz CT molecular complexity index is 1450. The number of nitrogens with two attached hydrogens (primary N) is 3. The number of aromatic amines is 2. The summed E-state index contributed by atoms with van der Waals surface area (Å²) in [6.07, 6.45) is 5.92. The van der Waals surface area contributed by atoms with Crippen LogP contribution in [0.3, 0.4) is 0 Å². The van der Waals surface area contributed by atoms with Gasteiger partial charge in [-0.15, -0.1) is 0 Å². The average Bonchev–Trinajstić information content (AvgIpc) is 3.79. The summed E-state index contributed by atoms with van der Waals surface area (Å²) in [5.74, 6) is -7.49. The third kappa shape index (κ3) is 14.2. The smallest absolute Gasteiger partial charge is 0.305 e. The highest BCUT2D eigenvalue weighted by molar-refractivity contribution is 5.97. The van der Waals surface area contributed by atoms with E-state index in [0.29, 0.717) is 30.8 Å². The van der Waals surface area contributed by atoms with Crippen LogP contribution >= 0.6 is 0 Å². The topological polar surface area (TPSA) is 356 Å². The molecule has 6 amide bonds. The molecule has 6 atom stereocenters. The number of hydrogen-bond donors (Lipinski definition) is 12. The van der Waals surface area contributed by atoms with E-state index in [1.165, 1.54) is 25.0 Å². The number of nitrogens with zero attached hydrogens (tertiary/aromatic N) is 2. The number of unbranched alkanes of at least 4 members (excludes halogenated alkanes) is 1. The maximum absolute atomic E-state index is 13.6. The number of aliphatic hydroxyl groups excluding tert-OH is 1. The minimum Gasteiger partial charge on any atom is -0.481 e. The van der Waals surface area contributed by atoms with Gasteiger partial charge in [0.1, 0.15) is 30.2 Å². The second kappa shape index (κ2) is 21.0. The van der Waals surface area contributed by atoms with Crippen LogP contribution in [0.25, 0.3) is 0 Å². The fraction of sp³-hybridized carbons (Fsp3) is 0.567. The first-order valence-electron chi connectivity index (χ1n) is 16.2. The summed E-state index contributed by atoms with van der Waals surface area (Å²) in [7, 11) is 0. The van der Waals surface area contributed by atoms with Crippen molar-refractivity contribution in [3.8, 4) is 0 Å². The quantitative estimate of drug-likeness (QED) is 0.0482. The summed E-state index contributed by atoms with van der Waals surface area (Å²) in [5, 5.41) is 31.2. The van der Waals surface area contributed by atoms with Crippen LogP contribution in [0.1, 0.15) is 50.9 Å². The molecule has 6 unspecified atom stereocenters. The molecule has 282 valence electrons. The summed E-state index contributed by atoms with van der Waals surface area (Å²) < 4.78 is 0. The van der Waals surface area contributed by atoms with Gasteiger partial charge < -0.3 is 64.0 Å². The number of carboxylic acids is 1. The molecule has 2 aromatic rings. The zero-order valence-corrected chi connectivity index (χ0v) is 28.4. The zero-order valence-electron chi connectivity index (χ0n) is 28.4. The lowest BCUT2D eigenvalue weighted by Gasteiger charge is -2.28. The van der Waals surface area contributed by atoms with E-state index in [9.17, 15) is 43.8 Å². The molecule has 0 saturated heterocycles. The summed E-state index contributed by atoms with van der Waals surface area (Å²) in [6, 6.07) is -8.20. The average molecular weight is 721 g/mol. The van der Waals surface area contributed by atoms with Gasteiger partial charge >= 0.3 is 5.97 Å². The lowest BCUT2D eigenvalue weighted by atomic mass is 10.0. The fourth-order valence-electron chi connectivity index (χ4n) is 4.78. The van der Waals surface area contributed by atoms with Gasteiger partial charge in [0.05, 0.1) is 31.7 Å². The third-order valence-electron chi connectivity index (χ3n) is 7.62. The maximum atomic E-state index is 13.6. The van der Waals surface area contributed by atoms with Crippen LogP contribution in [-0.2, 0) is 46.4 Å². The molecule has 2 aromatic heterocycles. The van der Waals surface area contributed by atoms with E-state index in [4.69, 9.17) is 17.2 Å². The largest absolute Gasteiger partial charge is 0.481 e. The molecule has 0 aliphatic rings. The Morgan fingerprint density at radius 1 is 0.745 bits per heavy atom. The second-order valence-corrected chi connectivity index (χ2v) is 12.1. The SMILES string of the molecule is CC(C)C(NC(=O)C(CC(=O)O)NC(=O)C(CO)NC(=O)C(N)Cc1cnc[nH]1)C(=O)NC(Cc1cnc[nH]1)C(=O)NC(CCCCN)C(N)=O. The summed E-state index contributed by atoms with van der Waals surface area (Å²) in [6.45, 7) is 2.60. The Morgan fingerprint density at radius 2 is 1.27 bits per heavy atom. The number of nitrogens with one attached hydrogen (secondary N) is 7. The minimum atomic E-state index is -1.76. The van der Waals surface area contributed by atoms with Gasteiger partial charge in [0.2, 0.25) is 35.4 Å². The predicted octanol–water partition coefficient (Wildman–Crippen LogP) is -4.59. The van der Waals surface area contributed by atoms with E-state index >= 15 is 0 Å². The van der Waals surface area contributed by atoms with Crippen LogP contribution < -0.4 is 43.8 Å². The maximum Gasteiger partial charge on any atom is 0.305 e. The fourth-order valence-corrected chi connectivity index (χ4v) is 4.78. The lowest BCUT2D eigenvalue weighted by Crippen LogP contribution is -2.61. The third-order valence-corrected chi connectivity index (χ3v) is 7.62. The van der Waals surface area contributed by atoms with Crippen molar-refractivity contribution >= 4 is 41.4 Å². The number of aromatic nitrogens is 4. The van der Waals surface area contributed by atoms with Gasteiger partial charge in [-0.2, -0.15) is 0 Å². The standard InChI is InChI=1S/C30H48N12O9/c1-15(2)24(30(51)40-20(8-17-11-35-14-37-17)27(48)38-19(25(33)46)5-3-4-6-31)42-28(49)21(9-23(44)45)39-29(50)22(12-43)41-26(47)18(32)7-16-10-34-13-36-16/h10-11,13-15,18-22,24,43H,3-9,12,31-32H2,1-2H3,(H2,33,46)(H,34,36)(H,35,37)(H,38,48)(H,39,50)(H,40,51)(H,41,47)(H,42,49)(H,44,45). The van der Waals surface area contributed by atoms with Gasteiger partial charge in [-0.05, 0) is 31.7 Å². The molecule has 15 N–H and O–H groups in total. The molecule has 0 spiro atoms. The van der Waals surface area contributed by atoms with Gasteiger partial charge in [-0.25, -0.2) is 9.97 Å². The van der Waals surface area contributed by atoms with E-state index in [1.807, 2.05) is 0 Å². The molecule has 0 saturated carbocycles. The molecule has 0 aliphatic carbocycles. The number of primary amides is 1. The Kier molecular flexibility index (Phi) is 17.2. The first-order chi connectivity index (χ1) is 24.2. The first kappa shape index (κ1) is 41.8. The molecule has 0 bridgehead atoms. The molecule has 0 aliphatic heterocycles. The van der Waals surface area contributed by atoms with E-state index in [1.54, 1.807) is 13.8 Å². The van der Waals surface area contributed by atoms with E-state index in [-0.39, 0.29) is 19.3 Å². The summed E-state index contributed by atoms with van der Waals surface area (Å²) in [4.78, 5) is 103. The van der Waals surface area contributed by atoms with Crippen LogP contribution in [0.5, 0.6) is 0 Å². The Morgan fingerprint density at radius 3 is 1.78 bits per heavy atom. The van der Waals surface area contributed by atoms with Crippen molar-refractivity contribution in [3.63, 3.8) is 0 Å². The number of aliphatic carboxylic acids is 1. The van der Waals surface area contributed by atoms with Crippen LogP contribution in [0.2, 0.25) is 0 Å². The van der Waals surface area contributed by atoms with Crippen molar-refractivity contribution in [1.29, 1.82) is 0 Å². The molecule has 21 nitrogen and oxygen atoms in total. The molecule has 0 fully saturated rings. The molecular weight excluding hydrogens is 672 g/mol. The number of carbonyl (C=O) groups excluding carboxylic acids is 6. The summed E-state index contributed by atoms with van der Waals surface area (Å²) >= 11 is 0. The van der Waals surface area contributed by atoms with Gasteiger partial charge in [0.15, 0.2) is 0 Å². The molecule has 21 heteroatoms. The van der Waals surface area contributed by atoms with Crippen LogP contribution in [0.4, 0.5) is 0 Å². The van der Waals surface area contributed by atoms with Crippen LogP contribution in [0.15, 0.2) is 25.0 Å². The number of H-pyrrole nitrogens is 2. The Balaban J connectivity index is 2.18. The van der Waals surface area contributed by atoms with Gasteiger partial charge in [0, 0.05) is 36.6 Å². The van der Waals surface area contributed by atoms with Crippen molar-refractivity contribution in [2.24, 2.45) is 23.1 Å². The van der Waals surface area contributed by atoms with E-state index in [2.05, 4.69) is 46.5 Å². The molecule has 0 aromatic carbocycles. The highest BCUT2D eigenvalue weighted by Crippen LogP contribution is 2.08. The summed E-state index contributed by atoms with van der Waals surface area (Å²) in [5.41, 5.74) is 17.9. The molecule has 2 heterocycles. The number of aliphatic hydroxyl groups is 1. The van der Waals surface area contributed by atoms with Gasteiger partial charge in [-0.1, -0.05) is 13.8 Å². The highest BCUT2D eigenvalue weighted by Gasteiger charge is 2.34. The number of imidazole rings is 2. The van der Waals surface area contributed by atoms with Crippen molar-refractivity contribution in [1.82, 2.24) is 46.5 Å². The van der Waals surface area contributed by atoms with Gasteiger partial charge in [0.25, 0.3) is 0 Å². The predicted molar refractivity (Wildman–Crippen MR) is 178 cm³/mol. The Labute approximate surface area is 293 Å².